The third-order valence-corrected chi connectivity index (χ3v) is 4.33. The van der Waals surface area contributed by atoms with Crippen LogP contribution in [0, 0.1) is 11.8 Å². The Morgan fingerprint density at radius 1 is 1.18 bits per heavy atom. The first kappa shape index (κ1) is 22.0. The first-order valence-electron chi connectivity index (χ1n) is 8.57. The highest BCUT2D eigenvalue weighted by Crippen LogP contribution is 2.34. The number of hydrogen-bond acceptors (Lipinski definition) is 2. The number of aliphatic imine (C=N–C) groups is 1. The van der Waals surface area contributed by atoms with Crippen LogP contribution in [0.25, 0.3) is 0 Å². The molecule has 0 amide bonds. The van der Waals surface area contributed by atoms with Gasteiger partial charge in [0.05, 0.1) is 0 Å². The molecule has 0 heterocycles. The Balaban J connectivity index is 0.00000441. The molecule has 5 heteroatoms. The van der Waals surface area contributed by atoms with Gasteiger partial charge in [-0.05, 0) is 52.1 Å². The monoisotopic (exact) mass is 424 g/mol. The molecule has 2 unspecified atom stereocenters. The van der Waals surface area contributed by atoms with E-state index in [2.05, 4.69) is 55.4 Å². The SMILES string of the molecule is CN=C(NCC(C1CC1)N(C)C)NC(C)CCCC(C)C.I. The van der Waals surface area contributed by atoms with Crippen LogP contribution >= 0.6 is 24.0 Å². The van der Waals surface area contributed by atoms with Crippen molar-refractivity contribution in [1.82, 2.24) is 15.5 Å². The van der Waals surface area contributed by atoms with Gasteiger partial charge < -0.3 is 15.5 Å². The maximum absolute atomic E-state index is 4.36. The van der Waals surface area contributed by atoms with Gasteiger partial charge in [0.2, 0.25) is 0 Å². The number of nitrogens with zero attached hydrogens (tertiary/aromatic N) is 2. The fraction of sp³-hybridized carbons (Fsp3) is 0.941. The molecule has 0 aromatic rings. The van der Waals surface area contributed by atoms with E-state index in [-0.39, 0.29) is 24.0 Å². The second kappa shape index (κ2) is 11.5. The van der Waals surface area contributed by atoms with Crippen LogP contribution in [0.5, 0.6) is 0 Å². The highest BCUT2D eigenvalue weighted by molar-refractivity contribution is 14.0. The van der Waals surface area contributed by atoms with Crippen molar-refractivity contribution < 1.29 is 0 Å². The Hall–Kier alpha value is -0.0400. The minimum Gasteiger partial charge on any atom is -0.355 e. The Morgan fingerprint density at radius 3 is 2.27 bits per heavy atom. The molecule has 1 aliphatic rings. The van der Waals surface area contributed by atoms with Crippen molar-refractivity contribution in [1.29, 1.82) is 0 Å². The van der Waals surface area contributed by atoms with Crippen molar-refractivity contribution in [2.24, 2.45) is 16.8 Å². The minimum atomic E-state index is 0. The summed E-state index contributed by atoms with van der Waals surface area (Å²) in [7, 11) is 6.21. The molecular weight excluding hydrogens is 387 g/mol. The van der Waals surface area contributed by atoms with Crippen molar-refractivity contribution in [3.05, 3.63) is 0 Å². The molecule has 0 spiro atoms. The topological polar surface area (TPSA) is 39.7 Å². The van der Waals surface area contributed by atoms with E-state index in [1.54, 1.807) is 0 Å². The third kappa shape index (κ3) is 9.18. The Bertz CT molecular complexity index is 312. The Labute approximate surface area is 154 Å². The van der Waals surface area contributed by atoms with E-state index in [0.717, 1.165) is 24.3 Å². The quantitative estimate of drug-likeness (QED) is 0.339. The Kier molecular flexibility index (Phi) is 11.5. The third-order valence-electron chi connectivity index (χ3n) is 4.33. The van der Waals surface area contributed by atoms with E-state index in [9.17, 15) is 0 Å². The molecule has 0 saturated heterocycles. The summed E-state index contributed by atoms with van der Waals surface area (Å²) < 4.78 is 0. The van der Waals surface area contributed by atoms with E-state index < -0.39 is 0 Å². The maximum atomic E-state index is 4.36. The molecule has 4 nitrogen and oxygen atoms in total. The summed E-state index contributed by atoms with van der Waals surface area (Å²) in [6, 6.07) is 1.11. The zero-order valence-corrected chi connectivity index (χ0v) is 17.7. The molecule has 0 aromatic heterocycles. The lowest BCUT2D eigenvalue weighted by Gasteiger charge is -2.26. The van der Waals surface area contributed by atoms with Gasteiger partial charge in [-0.3, -0.25) is 4.99 Å². The molecule has 2 atom stereocenters. The highest BCUT2D eigenvalue weighted by atomic mass is 127. The van der Waals surface area contributed by atoms with Crippen LogP contribution in [0.4, 0.5) is 0 Å². The van der Waals surface area contributed by atoms with Gasteiger partial charge in [0.15, 0.2) is 5.96 Å². The van der Waals surface area contributed by atoms with Crippen molar-refractivity contribution in [3.8, 4) is 0 Å². The average Bonchev–Trinajstić information content (AvgIpc) is 3.21. The first-order chi connectivity index (χ1) is 9.93. The van der Waals surface area contributed by atoms with Gasteiger partial charge in [0, 0.05) is 25.7 Å². The van der Waals surface area contributed by atoms with Gasteiger partial charge in [-0.15, -0.1) is 24.0 Å². The van der Waals surface area contributed by atoms with Gasteiger partial charge in [-0.2, -0.15) is 0 Å². The number of hydrogen-bond donors (Lipinski definition) is 2. The largest absolute Gasteiger partial charge is 0.355 e. The smallest absolute Gasteiger partial charge is 0.191 e. The van der Waals surface area contributed by atoms with Crippen molar-refractivity contribution in [2.75, 3.05) is 27.7 Å². The first-order valence-corrected chi connectivity index (χ1v) is 8.57. The number of nitrogens with one attached hydrogen (secondary N) is 2. The lowest BCUT2D eigenvalue weighted by atomic mass is 10.0. The molecule has 22 heavy (non-hydrogen) atoms. The van der Waals surface area contributed by atoms with Crippen LogP contribution in [0.2, 0.25) is 0 Å². The predicted octanol–water partition coefficient (Wildman–Crippen LogP) is 3.32. The fourth-order valence-electron chi connectivity index (χ4n) is 2.79. The number of rotatable bonds is 9. The lowest BCUT2D eigenvalue weighted by Crippen LogP contribution is -2.48. The van der Waals surface area contributed by atoms with Crippen LogP contribution < -0.4 is 10.6 Å². The van der Waals surface area contributed by atoms with Crippen LogP contribution in [-0.2, 0) is 0 Å². The number of guanidine groups is 1. The molecular formula is C17H37IN4. The standard InChI is InChI=1S/C17H36N4.HI/c1-13(2)8-7-9-14(3)20-17(18-4)19-12-16(21(5)6)15-10-11-15;/h13-16H,7-12H2,1-6H3,(H2,18,19,20);1H. The molecule has 0 aromatic carbocycles. The summed E-state index contributed by atoms with van der Waals surface area (Å²) in [4.78, 5) is 6.70. The molecule has 1 saturated carbocycles. The van der Waals surface area contributed by atoms with Gasteiger partial charge in [0.1, 0.15) is 0 Å². The van der Waals surface area contributed by atoms with Crippen molar-refractivity contribution in [2.45, 2.75) is 65.0 Å². The molecule has 1 aliphatic carbocycles. The molecule has 2 N–H and O–H groups in total. The normalized spacial score (nSPS) is 18.1. The fourth-order valence-corrected chi connectivity index (χ4v) is 2.79. The summed E-state index contributed by atoms with van der Waals surface area (Å²) in [6.07, 6.45) is 6.55. The summed E-state index contributed by atoms with van der Waals surface area (Å²) in [5.41, 5.74) is 0. The second-order valence-electron chi connectivity index (χ2n) is 7.19. The highest BCUT2D eigenvalue weighted by Gasteiger charge is 2.32. The van der Waals surface area contributed by atoms with E-state index in [4.69, 9.17) is 0 Å². The van der Waals surface area contributed by atoms with Crippen molar-refractivity contribution >= 4 is 29.9 Å². The molecule has 132 valence electrons. The minimum absolute atomic E-state index is 0. The molecule has 1 fully saturated rings. The maximum Gasteiger partial charge on any atom is 0.191 e. The zero-order valence-electron chi connectivity index (χ0n) is 15.4. The summed E-state index contributed by atoms with van der Waals surface area (Å²) in [5.74, 6) is 2.61. The van der Waals surface area contributed by atoms with Gasteiger partial charge >= 0.3 is 0 Å². The summed E-state index contributed by atoms with van der Waals surface area (Å²) in [6.45, 7) is 7.81. The molecule has 0 bridgehead atoms. The molecule has 0 aliphatic heterocycles. The van der Waals surface area contributed by atoms with Crippen LogP contribution in [0.1, 0.15) is 52.9 Å². The van der Waals surface area contributed by atoms with E-state index in [0.29, 0.717) is 12.1 Å². The van der Waals surface area contributed by atoms with E-state index in [1.165, 1.54) is 32.1 Å². The van der Waals surface area contributed by atoms with Crippen LogP contribution in [-0.4, -0.2) is 50.6 Å². The second-order valence-corrected chi connectivity index (χ2v) is 7.19. The van der Waals surface area contributed by atoms with Gasteiger partial charge in [-0.1, -0.05) is 26.7 Å². The number of halogens is 1. The summed E-state index contributed by atoms with van der Waals surface area (Å²) >= 11 is 0. The molecule has 0 radical (unpaired) electrons. The van der Waals surface area contributed by atoms with Crippen LogP contribution in [0.15, 0.2) is 4.99 Å². The molecule has 1 rings (SSSR count). The number of likely N-dealkylation sites (N-methyl/N-ethyl adjacent to an activating group) is 1. The van der Waals surface area contributed by atoms with Crippen molar-refractivity contribution in [3.63, 3.8) is 0 Å². The summed E-state index contributed by atoms with van der Waals surface area (Å²) in [5, 5.41) is 7.01. The van der Waals surface area contributed by atoms with E-state index >= 15 is 0 Å². The van der Waals surface area contributed by atoms with Gasteiger partial charge in [0.25, 0.3) is 0 Å². The zero-order chi connectivity index (χ0) is 15.8. The lowest BCUT2D eigenvalue weighted by molar-refractivity contribution is 0.263. The van der Waals surface area contributed by atoms with Crippen LogP contribution in [0.3, 0.4) is 0 Å². The average molecular weight is 424 g/mol. The predicted molar refractivity (Wildman–Crippen MR) is 108 cm³/mol. The Morgan fingerprint density at radius 2 is 1.82 bits per heavy atom. The van der Waals surface area contributed by atoms with Gasteiger partial charge in [-0.25, -0.2) is 0 Å². The van der Waals surface area contributed by atoms with E-state index in [1.807, 2.05) is 7.05 Å².